The number of carbonyl (C=O) groups excluding carboxylic acids is 1. The minimum Gasteiger partial charge on any atom is -0.363 e. The summed E-state index contributed by atoms with van der Waals surface area (Å²) in [7, 11) is 4.00. The van der Waals surface area contributed by atoms with Gasteiger partial charge in [-0.05, 0) is 25.7 Å². The molecule has 23 heavy (non-hydrogen) atoms. The van der Waals surface area contributed by atoms with Crippen molar-refractivity contribution in [2.24, 2.45) is 0 Å². The fourth-order valence-corrected chi connectivity index (χ4v) is 3.36. The molecular formula is C17H27N5O. The zero-order valence-electron chi connectivity index (χ0n) is 14.4. The summed E-state index contributed by atoms with van der Waals surface area (Å²) < 4.78 is 0. The SMILES string of the molecule is CCC(=O)N1CCC(N(c2cc(N(C)C)ncn2)C2CC2)CC1. The van der Waals surface area contributed by atoms with Crippen LogP contribution < -0.4 is 9.80 Å². The number of piperidine rings is 1. The largest absolute Gasteiger partial charge is 0.363 e. The number of rotatable bonds is 5. The molecule has 126 valence electrons. The third kappa shape index (κ3) is 3.57. The third-order valence-corrected chi connectivity index (χ3v) is 4.81. The Morgan fingerprint density at radius 3 is 2.30 bits per heavy atom. The van der Waals surface area contributed by atoms with Crippen molar-refractivity contribution in [2.45, 2.75) is 51.1 Å². The van der Waals surface area contributed by atoms with Crippen molar-refractivity contribution in [2.75, 3.05) is 37.0 Å². The average Bonchev–Trinajstić information content (AvgIpc) is 3.40. The second-order valence-corrected chi connectivity index (χ2v) is 6.73. The Morgan fingerprint density at radius 1 is 1.13 bits per heavy atom. The number of hydrogen-bond acceptors (Lipinski definition) is 5. The zero-order valence-corrected chi connectivity index (χ0v) is 14.4. The Morgan fingerprint density at radius 2 is 1.74 bits per heavy atom. The normalized spacial score (nSPS) is 18.8. The molecule has 0 radical (unpaired) electrons. The van der Waals surface area contributed by atoms with E-state index in [1.807, 2.05) is 30.8 Å². The number of carbonyl (C=O) groups is 1. The Bertz CT molecular complexity index is 550. The molecule has 1 aliphatic heterocycles. The molecule has 2 heterocycles. The Hall–Kier alpha value is -1.85. The smallest absolute Gasteiger partial charge is 0.222 e. The van der Waals surface area contributed by atoms with Crippen LogP contribution in [-0.4, -0.2) is 60.0 Å². The van der Waals surface area contributed by atoms with E-state index in [1.165, 1.54) is 12.8 Å². The van der Waals surface area contributed by atoms with E-state index in [9.17, 15) is 4.79 Å². The molecule has 1 saturated carbocycles. The van der Waals surface area contributed by atoms with Crippen LogP contribution >= 0.6 is 0 Å². The number of nitrogens with zero attached hydrogens (tertiary/aromatic N) is 5. The predicted molar refractivity (Wildman–Crippen MR) is 91.8 cm³/mol. The topological polar surface area (TPSA) is 52.6 Å². The van der Waals surface area contributed by atoms with Crippen LogP contribution in [0.15, 0.2) is 12.4 Å². The lowest BCUT2D eigenvalue weighted by molar-refractivity contribution is -0.131. The summed E-state index contributed by atoms with van der Waals surface area (Å²) in [6.07, 6.45) is 6.82. The Labute approximate surface area is 138 Å². The van der Waals surface area contributed by atoms with Gasteiger partial charge in [0, 0.05) is 51.8 Å². The van der Waals surface area contributed by atoms with Crippen LogP contribution in [0.4, 0.5) is 11.6 Å². The molecule has 2 fully saturated rings. The van der Waals surface area contributed by atoms with Crippen molar-refractivity contribution in [3.63, 3.8) is 0 Å². The number of likely N-dealkylation sites (tertiary alicyclic amines) is 1. The predicted octanol–water partition coefficient (Wildman–Crippen LogP) is 1.91. The second-order valence-electron chi connectivity index (χ2n) is 6.73. The first-order valence-electron chi connectivity index (χ1n) is 8.65. The zero-order chi connectivity index (χ0) is 16.4. The second kappa shape index (κ2) is 6.72. The van der Waals surface area contributed by atoms with E-state index in [4.69, 9.17) is 0 Å². The maximum absolute atomic E-state index is 11.9. The highest BCUT2D eigenvalue weighted by Gasteiger charge is 2.37. The van der Waals surface area contributed by atoms with Gasteiger partial charge in [0.1, 0.15) is 18.0 Å². The van der Waals surface area contributed by atoms with Gasteiger partial charge in [-0.25, -0.2) is 9.97 Å². The quantitative estimate of drug-likeness (QED) is 0.830. The fourth-order valence-electron chi connectivity index (χ4n) is 3.36. The number of hydrogen-bond donors (Lipinski definition) is 0. The highest BCUT2D eigenvalue weighted by Crippen LogP contribution is 2.35. The maximum atomic E-state index is 11.9. The van der Waals surface area contributed by atoms with Crippen LogP contribution in [0, 0.1) is 0 Å². The molecule has 1 aromatic heterocycles. The average molecular weight is 317 g/mol. The van der Waals surface area contributed by atoms with Crippen LogP contribution in [0.2, 0.25) is 0 Å². The lowest BCUT2D eigenvalue weighted by Crippen LogP contribution is -2.48. The summed E-state index contributed by atoms with van der Waals surface area (Å²) in [5.41, 5.74) is 0. The summed E-state index contributed by atoms with van der Waals surface area (Å²) in [4.78, 5) is 27.2. The van der Waals surface area contributed by atoms with E-state index in [2.05, 4.69) is 20.9 Å². The van der Waals surface area contributed by atoms with Crippen molar-refractivity contribution in [1.82, 2.24) is 14.9 Å². The van der Waals surface area contributed by atoms with E-state index in [0.29, 0.717) is 18.5 Å². The monoisotopic (exact) mass is 317 g/mol. The van der Waals surface area contributed by atoms with Gasteiger partial charge in [-0.3, -0.25) is 4.79 Å². The first kappa shape index (κ1) is 16.0. The van der Waals surface area contributed by atoms with Gasteiger partial charge in [0.25, 0.3) is 0 Å². The van der Waals surface area contributed by atoms with E-state index < -0.39 is 0 Å². The molecule has 0 spiro atoms. The molecule has 0 N–H and O–H groups in total. The van der Waals surface area contributed by atoms with Crippen molar-refractivity contribution in [1.29, 1.82) is 0 Å². The van der Waals surface area contributed by atoms with Crippen molar-refractivity contribution < 1.29 is 4.79 Å². The lowest BCUT2D eigenvalue weighted by atomic mass is 10.0. The molecule has 0 atom stereocenters. The summed E-state index contributed by atoms with van der Waals surface area (Å²) in [5, 5.41) is 0. The molecule has 0 aromatic carbocycles. The van der Waals surface area contributed by atoms with E-state index >= 15 is 0 Å². The summed E-state index contributed by atoms with van der Waals surface area (Å²) in [6.45, 7) is 3.67. The number of aromatic nitrogens is 2. The van der Waals surface area contributed by atoms with Crippen molar-refractivity contribution >= 4 is 17.5 Å². The van der Waals surface area contributed by atoms with Crippen LogP contribution in [0.3, 0.4) is 0 Å². The van der Waals surface area contributed by atoms with Crippen LogP contribution in [-0.2, 0) is 4.79 Å². The minimum absolute atomic E-state index is 0.276. The first-order valence-corrected chi connectivity index (χ1v) is 8.65. The van der Waals surface area contributed by atoms with E-state index in [0.717, 1.165) is 37.6 Å². The molecule has 1 aliphatic carbocycles. The van der Waals surface area contributed by atoms with Gasteiger partial charge in [-0.1, -0.05) is 6.92 Å². The molecule has 1 amide bonds. The van der Waals surface area contributed by atoms with E-state index in [1.54, 1.807) is 6.33 Å². The maximum Gasteiger partial charge on any atom is 0.222 e. The van der Waals surface area contributed by atoms with Crippen molar-refractivity contribution in [3.8, 4) is 0 Å². The lowest BCUT2D eigenvalue weighted by Gasteiger charge is -2.39. The standard InChI is InChI=1S/C17H27N5O/c1-4-17(23)21-9-7-14(8-10-21)22(13-5-6-13)16-11-15(20(2)3)18-12-19-16/h11-14H,4-10H2,1-3H3. The molecule has 0 unspecified atom stereocenters. The van der Waals surface area contributed by atoms with Gasteiger partial charge < -0.3 is 14.7 Å². The third-order valence-electron chi connectivity index (χ3n) is 4.81. The molecular weight excluding hydrogens is 290 g/mol. The van der Waals surface area contributed by atoms with Gasteiger partial charge >= 0.3 is 0 Å². The Balaban J connectivity index is 1.73. The molecule has 3 rings (SSSR count). The van der Waals surface area contributed by atoms with Crippen molar-refractivity contribution in [3.05, 3.63) is 12.4 Å². The number of anilines is 2. The molecule has 1 aromatic rings. The molecule has 6 nitrogen and oxygen atoms in total. The highest BCUT2D eigenvalue weighted by molar-refractivity contribution is 5.75. The van der Waals surface area contributed by atoms with Gasteiger partial charge in [0.05, 0.1) is 0 Å². The number of amides is 1. The van der Waals surface area contributed by atoms with Gasteiger partial charge in [0.2, 0.25) is 5.91 Å². The molecule has 2 aliphatic rings. The minimum atomic E-state index is 0.276. The van der Waals surface area contributed by atoms with Gasteiger partial charge in [-0.15, -0.1) is 0 Å². The Kier molecular flexibility index (Phi) is 4.68. The summed E-state index contributed by atoms with van der Waals surface area (Å²) in [5.74, 6) is 2.25. The highest BCUT2D eigenvalue weighted by atomic mass is 16.2. The summed E-state index contributed by atoms with van der Waals surface area (Å²) in [6, 6.07) is 3.17. The van der Waals surface area contributed by atoms with Crippen LogP contribution in [0.1, 0.15) is 39.0 Å². The first-order chi connectivity index (χ1) is 11.1. The molecule has 0 bridgehead atoms. The van der Waals surface area contributed by atoms with Gasteiger partial charge in [0.15, 0.2) is 0 Å². The summed E-state index contributed by atoms with van der Waals surface area (Å²) >= 11 is 0. The van der Waals surface area contributed by atoms with Gasteiger partial charge in [-0.2, -0.15) is 0 Å². The van der Waals surface area contributed by atoms with Crippen LogP contribution in [0.25, 0.3) is 0 Å². The van der Waals surface area contributed by atoms with Crippen LogP contribution in [0.5, 0.6) is 0 Å². The molecule has 1 saturated heterocycles. The van der Waals surface area contributed by atoms with E-state index in [-0.39, 0.29) is 5.91 Å². The molecule has 6 heteroatoms. The fraction of sp³-hybridized carbons (Fsp3) is 0.706.